The Kier molecular flexibility index (Phi) is 2.87. The van der Waals surface area contributed by atoms with Crippen LogP contribution in [-0.2, 0) is 17.6 Å². The van der Waals surface area contributed by atoms with Crippen molar-refractivity contribution in [3.63, 3.8) is 0 Å². The fourth-order valence-electron chi connectivity index (χ4n) is 3.49. The first-order chi connectivity index (χ1) is 10.6. The molecule has 1 unspecified atom stereocenters. The molecule has 1 N–H and O–H groups in total. The first-order valence-electron chi connectivity index (χ1n) is 7.25. The molecule has 2 aliphatic rings. The third-order valence-corrected chi connectivity index (χ3v) is 4.96. The summed E-state index contributed by atoms with van der Waals surface area (Å²) in [6.07, 6.45) is 3.87. The van der Waals surface area contributed by atoms with Crippen molar-refractivity contribution in [2.75, 3.05) is 17.3 Å². The van der Waals surface area contributed by atoms with E-state index in [1.54, 1.807) is 6.20 Å². The van der Waals surface area contributed by atoms with E-state index < -0.39 is 5.54 Å². The topological polar surface area (TPSA) is 58.1 Å². The Morgan fingerprint density at radius 3 is 2.91 bits per heavy atom. The highest BCUT2D eigenvalue weighted by molar-refractivity contribution is 6.28. The van der Waals surface area contributed by atoms with Crippen molar-refractivity contribution < 1.29 is 4.79 Å². The third kappa shape index (κ3) is 1.82. The molecule has 2 heterocycles. The number of nitrogens with one attached hydrogen (secondary N) is 1. The zero-order valence-electron chi connectivity index (χ0n) is 12.1. The summed E-state index contributed by atoms with van der Waals surface area (Å²) in [6.45, 7) is 0. The molecule has 0 saturated heterocycles. The van der Waals surface area contributed by atoms with Crippen LogP contribution in [0.2, 0.25) is 5.28 Å². The molecule has 112 valence electrons. The fraction of sp³-hybridized carbons (Fsp3) is 0.312. The number of aryl methyl sites for hydroxylation is 1. The van der Waals surface area contributed by atoms with E-state index in [1.165, 1.54) is 11.1 Å². The summed E-state index contributed by atoms with van der Waals surface area (Å²) < 4.78 is 0. The molecule has 1 aliphatic carbocycles. The van der Waals surface area contributed by atoms with Crippen molar-refractivity contribution >= 4 is 29.0 Å². The number of likely N-dealkylation sites (N-methyl/N-ethyl adjacent to an activating group) is 1. The van der Waals surface area contributed by atoms with Crippen LogP contribution < -0.4 is 10.2 Å². The van der Waals surface area contributed by atoms with Crippen LogP contribution in [0.1, 0.15) is 17.5 Å². The molecule has 0 saturated carbocycles. The summed E-state index contributed by atoms with van der Waals surface area (Å²) in [7, 11) is 1.91. The van der Waals surface area contributed by atoms with Crippen LogP contribution in [0.4, 0.5) is 11.5 Å². The van der Waals surface area contributed by atoms with Gasteiger partial charge in [0.2, 0.25) is 5.28 Å². The smallest absolute Gasteiger partial charge is 0.250 e. The van der Waals surface area contributed by atoms with E-state index in [4.69, 9.17) is 11.6 Å². The minimum Gasteiger partial charge on any atom is -0.343 e. The fourth-order valence-corrected chi connectivity index (χ4v) is 3.62. The number of anilines is 2. The molecule has 22 heavy (non-hydrogen) atoms. The minimum atomic E-state index is -0.612. The van der Waals surface area contributed by atoms with Crippen LogP contribution in [0.5, 0.6) is 0 Å². The van der Waals surface area contributed by atoms with Crippen LogP contribution in [0.25, 0.3) is 0 Å². The number of amides is 1. The number of rotatable bonds is 0. The number of fused-ring (bicyclic) bond motifs is 2. The molecule has 2 aromatic rings. The number of halogens is 1. The second-order valence-corrected chi connectivity index (χ2v) is 6.20. The molecule has 5 nitrogen and oxygen atoms in total. The second-order valence-electron chi connectivity index (χ2n) is 5.87. The van der Waals surface area contributed by atoms with Crippen LogP contribution in [0.3, 0.4) is 0 Å². The van der Waals surface area contributed by atoms with E-state index >= 15 is 0 Å². The maximum atomic E-state index is 12.8. The number of carbonyl (C=O) groups excluding carboxylic acids is 1. The largest absolute Gasteiger partial charge is 0.343 e. The summed E-state index contributed by atoms with van der Waals surface area (Å²) >= 11 is 5.93. The predicted octanol–water partition coefficient (Wildman–Crippen LogP) is 2.45. The number of carbonyl (C=O) groups is 1. The van der Waals surface area contributed by atoms with Gasteiger partial charge in [-0.1, -0.05) is 24.3 Å². The van der Waals surface area contributed by atoms with Gasteiger partial charge in [-0.3, -0.25) is 4.79 Å². The predicted molar refractivity (Wildman–Crippen MR) is 85.3 cm³/mol. The van der Waals surface area contributed by atoms with Gasteiger partial charge in [0.05, 0.1) is 6.20 Å². The molecule has 1 amide bonds. The highest BCUT2D eigenvalue weighted by Gasteiger charge is 2.48. The zero-order valence-corrected chi connectivity index (χ0v) is 12.9. The summed E-state index contributed by atoms with van der Waals surface area (Å²) in [6, 6.07) is 8.30. The lowest BCUT2D eigenvalue weighted by Gasteiger charge is -2.47. The van der Waals surface area contributed by atoms with Crippen LogP contribution in [0.15, 0.2) is 30.5 Å². The quantitative estimate of drug-likeness (QED) is 0.759. The Bertz CT molecular complexity index is 778. The van der Waals surface area contributed by atoms with Gasteiger partial charge in [0.25, 0.3) is 5.91 Å². The Hall–Kier alpha value is -2.14. The SMILES string of the molecule is CN1c2nc(Cl)ncc2NC(=O)C12CCc1ccccc1C2. The summed E-state index contributed by atoms with van der Waals surface area (Å²) in [5.41, 5.74) is 2.54. The van der Waals surface area contributed by atoms with Gasteiger partial charge in [0, 0.05) is 13.5 Å². The molecule has 0 radical (unpaired) electrons. The van der Waals surface area contributed by atoms with Gasteiger partial charge in [0.15, 0.2) is 5.82 Å². The number of benzene rings is 1. The maximum Gasteiger partial charge on any atom is 0.250 e. The van der Waals surface area contributed by atoms with Crippen molar-refractivity contribution in [2.45, 2.75) is 24.8 Å². The van der Waals surface area contributed by atoms with Gasteiger partial charge in [-0.15, -0.1) is 0 Å². The van der Waals surface area contributed by atoms with Crippen LogP contribution >= 0.6 is 11.6 Å². The van der Waals surface area contributed by atoms with E-state index in [-0.39, 0.29) is 11.2 Å². The number of nitrogens with zero attached hydrogens (tertiary/aromatic N) is 3. The summed E-state index contributed by atoms with van der Waals surface area (Å²) in [4.78, 5) is 23.0. The van der Waals surface area contributed by atoms with Crippen molar-refractivity contribution in [1.82, 2.24) is 9.97 Å². The van der Waals surface area contributed by atoms with Crippen LogP contribution in [0, 0.1) is 0 Å². The molecule has 4 rings (SSSR count). The standard InChI is InChI=1S/C16H15ClN4O/c1-21-13-12(9-18-15(17)20-13)19-14(22)16(21)7-6-10-4-2-3-5-11(10)8-16/h2-5,9H,6-8H2,1H3,(H,19,22). The first-order valence-corrected chi connectivity index (χ1v) is 7.62. The molecule has 0 bridgehead atoms. The molecule has 1 atom stereocenters. The zero-order chi connectivity index (χ0) is 15.3. The number of hydrogen-bond donors (Lipinski definition) is 1. The maximum absolute atomic E-state index is 12.8. The summed E-state index contributed by atoms with van der Waals surface area (Å²) in [5.74, 6) is 0.682. The summed E-state index contributed by atoms with van der Waals surface area (Å²) in [5, 5.41) is 3.13. The number of hydrogen-bond acceptors (Lipinski definition) is 4. The average Bonchev–Trinajstić information content (AvgIpc) is 2.54. The van der Waals surface area contributed by atoms with Crippen molar-refractivity contribution in [3.05, 3.63) is 46.9 Å². The van der Waals surface area contributed by atoms with Gasteiger partial charge < -0.3 is 10.2 Å². The second kappa shape index (κ2) is 4.68. The van der Waals surface area contributed by atoms with Gasteiger partial charge in [-0.05, 0) is 35.6 Å². The molecule has 1 aliphatic heterocycles. The lowest BCUT2D eigenvalue weighted by atomic mass is 9.75. The normalized spacial score (nSPS) is 23.0. The van der Waals surface area contributed by atoms with E-state index in [0.717, 1.165) is 12.8 Å². The van der Waals surface area contributed by atoms with Gasteiger partial charge >= 0.3 is 0 Å². The molecule has 6 heteroatoms. The highest BCUT2D eigenvalue weighted by atomic mass is 35.5. The first kappa shape index (κ1) is 13.5. The monoisotopic (exact) mass is 314 g/mol. The van der Waals surface area contributed by atoms with E-state index in [9.17, 15) is 4.79 Å². The molecular weight excluding hydrogens is 300 g/mol. The molecule has 1 aromatic heterocycles. The van der Waals surface area contributed by atoms with Gasteiger partial charge in [0.1, 0.15) is 11.2 Å². The Morgan fingerprint density at radius 2 is 2.09 bits per heavy atom. The Morgan fingerprint density at radius 1 is 1.32 bits per heavy atom. The lowest BCUT2D eigenvalue weighted by molar-refractivity contribution is -0.122. The Balaban J connectivity index is 1.81. The van der Waals surface area contributed by atoms with Crippen molar-refractivity contribution in [1.29, 1.82) is 0 Å². The number of aromatic nitrogens is 2. The third-order valence-electron chi connectivity index (χ3n) is 4.78. The Labute approximate surface area is 133 Å². The van der Waals surface area contributed by atoms with E-state index in [1.807, 2.05) is 24.1 Å². The molecule has 1 spiro atoms. The molecule has 0 fully saturated rings. The van der Waals surface area contributed by atoms with E-state index in [2.05, 4.69) is 27.4 Å². The van der Waals surface area contributed by atoms with E-state index in [0.29, 0.717) is 17.9 Å². The molecular formula is C16H15ClN4O. The highest BCUT2D eigenvalue weighted by Crippen LogP contribution is 2.41. The lowest BCUT2D eigenvalue weighted by Crippen LogP contribution is -2.61. The minimum absolute atomic E-state index is 0.00271. The van der Waals surface area contributed by atoms with Crippen molar-refractivity contribution in [3.8, 4) is 0 Å². The van der Waals surface area contributed by atoms with Crippen LogP contribution in [-0.4, -0.2) is 28.5 Å². The average molecular weight is 315 g/mol. The van der Waals surface area contributed by atoms with Crippen molar-refractivity contribution in [2.24, 2.45) is 0 Å². The van der Waals surface area contributed by atoms with Gasteiger partial charge in [-0.25, -0.2) is 4.98 Å². The van der Waals surface area contributed by atoms with Gasteiger partial charge in [-0.2, -0.15) is 4.98 Å². The molecule has 1 aromatic carbocycles.